The van der Waals surface area contributed by atoms with E-state index in [1.54, 1.807) is 22.5 Å². The topological polar surface area (TPSA) is 73.2 Å². The van der Waals surface area contributed by atoms with Gasteiger partial charge in [0.15, 0.2) is 0 Å². The Morgan fingerprint density at radius 2 is 1.61 bits per heavy atom. The largest absolute Gasteiger partial charge is 0.313 e. The van der Waals surface area contributed by atoms with Crippen LogP contribution < -0.4 is 5.32 Å². The highest BCUT2D eigenvalue weighted by Gasteiger charge is 2.56. The normalized spacial score (nSPS) is 23.0. The molecule has 5 rings (SSSR count). The minimum atomic E-state index is -3.52. The molecule has 3 aromatic carbocycles. The molecule has 1 unspecified atom stereocenters. The lowest BCUT2D eigenvalue weighted by Crippen LogP contribution is -2.73. The molecule has 31 heavy (non-hydrogen) atoms. The van der Waals surface area contributed by atoms with Crippen LogP contribution in [-0.4, -0.2) is 37.9 Å². The first-order chi connectivity index (χ1) is 15.0. The van der Waals surface area contributed by atoms with Crippen LogP contribution in [0.3, 0.4) is 0 Å². The molecule has 5 nitrogen and oxygen atoms in total. The Hall–Kier alpha value is -2.98. The first-order valence-electron chi connectivity index (χ1n) is 10.4. The highest BCUT2D eigenvalue weighted by molar-refractivity contribution is 7.89. The van der Waals surface area contributed by atoms with Gasteiger partial charge in [-0.15, -0.1) is 0 Å². The number of nitriles is 1. The molecule has 1 N–H and O–H groups in total. The summed E-state index contributed by atoms with van der Waals surface area (Å²) in [6, 6.07) is 25.0. The van der Waals surface area contributed by atoms with Crippen LogP contribution in [0.4, 0.5) is 0 Å². The third kappa shape index (κ3) is 3.35. The number of nitrogens with one attached hydrogen (secondary N) is 1. The van der Waals surface area contributed by atoms with Crippen molar-refractivity contribution in [2.24, 2.45) is 0 Å². The monoisotopic (exact) mass is 429 g/mol. The summed E-state index contributed by atoms with van der Waals surface area (Å²) < 4.78 is 28.3. The van der Waals surface area contributed by atoms with E-state index in [2.05, 4.69) is 35.7 Å². The van der Waals surface area contributed by atoms with Crippen LogP contribution in [0.1, 0.15) is 22.6 Å². The number of nitrogens with zero attached hydrogens (tertiary/aromatic N) is 2. The summed E-state index contributed by atoms with van der Waals surface area (Å²) in [7, 11) is -3.52. The van der Waals surface area contributed by atoms with Crippen LogP contribution in [0.2, 0.25) is 0 Å². The molecule has 2 heterocycles. The Morgan fingerprint density at radius 3 is 2.26 bits per heavy atom. The Balaban J connectivity index is 1.41. The highest BCUT2D eigenvalue weighted by atomic mass is 32.2. The number of benzene rings is 3. The van der Waals surface area contributed by atoms with E-state index in [0.29, 0.717) is 23.5 Å². The van der Waals surface area contributed by atoms with Crippen LogP contribution in [0.5, 0.6) is 0 Å². The van der Waals surface area contributed by atoms with Gasteiger partial charge in [-0.3, -0.25) is 0 Å². The minimum Gasteiger partial charge on any atom is -0.313 e. The van der Waals surface area contributed by atoms with E-state index in [9.17, 15) is 8.42 Å². The zero-order chi connectivity index (χ0) is 21.6. The molecule has 0 radical (unpaired) electrons. The third-order valence-corrected chi connectivity index (χ3v) is 8.37. The van der Waals surface area contributed by atoms with Crippen molar-refractivity contribution in [1.82, 2.24) is 9.62 Å². The van der Waals surface area contributed by atoms with Gasteiger partial charge in [-0.05, 0) is 47.9 Å². The fraction of sp³-hybridized carbons (Fsp3) is 0.240. The van der Waals surface area contributed by atoms with Gasteiger partial charge in [0.25, 0.3) is 0 Å². The molecule has 2 aliphatic heterocycles. The van der Waals surface area contributed by atoms with E-state index in [1.165, 1.54) is 0 Å². The number of piperazine rings is 1. The van der Waals surface area contributed by atoms with Gasteiger partial charge in [0, 0.05) is 31.1 Å². The van der Waals surface area contributed by atoms with Crippen molar-refractivity contribution < 1.29 is 8.42 Å². The number of rotatable bonds is 4. The van der Waals surface area contributed by atoms with Crippen LogP contribution in [0.25, 0.3) is 11.1 Å². The molecule has 3 atom stereocenters. The lowest BCUT2D eigenvalue weighted by molar-refractivity contribution is 0.0370. The Labute approximate surface area is 183 Å². The standard InChI is InChI=1S/C25H23N3O2S/c1-17-5-11-22(12-6-17)31(29,30)28-23-15-27-16-24(28)25(23)20-9-7-19(8-10-20)21-4-2-3-18(13-21)14-26/h2-13,23-25,27H,15-16H2,1H3/t23-,24+,25?. The van der Waals surface area contributed by atoms with Crippen molar-refractivity contribution in [3.05, 3.63) is 89.5 Å². The van der Waals surface area contributed by atoms with Crippen molar-refractivity contribution in [2.75, 3.05) is 13.1 Å². The molecule has 0 saturated carbocycles. The zero-order valence-corrected chi connectivity index (χ0v) is 18.0. The maximum Gasteiger partial charge on any atom is 0.243 e. The number of sulfonamides is 1. The van der Waals surface area contributed by atoms with Gasteiger partial charge in [0.05, 0.1) is 16.5 Å². The first-order valence-corrected chi connectivity index (χ1v) is 11.8. The highest BCUT2D eigenvalue weighted by Crippen LogP contribution is 2.46. The van der Waals surface area contributed by atoms with E-state index in [0.717, 1.165) is 22.3 Å². The van der Waals surface area contributed by atoms with Gasteiger partial charge in [0.1, 0.15) is 0 Å². The van der Waals surface area contributed by atoms with E-state index in [1.807, 2.05) is 37.3 Å². The summed E-state index contributed by atoms with van der Waals surface area (Å²) in [6.45, 7) is 3.26. The van der Waals surface area contributed by atoms with Gasteiger partial charge in [-0.1, -0.05) is 54.1 Å². The SMILES string of the molecule is Cc1ccc(S(=O)(=O)N2[C@@H]3CNC[C@H]2C3c2ccc(-c3cccc(C#N)c3)cc2)cc1. The number of aryl methyl sites for hydroxylation is 1. The maximum atomic E-state index is 13.3. The summed E-state index contributed by atoms with van der Waals surface area (Å²) in [5.41, 5.74) is 4.89. The molecule has 0 amide bonds. The average molecular weight is 430 g/mol. The van der Waals surface area contributed by atoms with E-state index in [4.69, 9.17) is 5.26 Å². The summed E-state index contributed by atoms with van der Waals surface area (Å²) in [5, 5.41) is 12.5. The van der Waals surface area contributed by atoms with E-state index < -0.39 is 10.0 Å². The predicted molar refractivity (Wildman–Crippen MR) is 120 cm³/mol. The fourth-order valence-electron chi connectivity index (χ4n) is 4.83. The van der Waals surface area contributed by atoms with Crippen molar-refractivity contribution >= 4 is 10.0 Å². The van der Waals surface area contributed by atoms with Crippen LogP contribution in [0, 0.1) is 18.3 Å². The zero-order valence-electron chi connectivity index (χ0n) is 17.2. The summed E-state index contributed by atoms with van der Waals surface area (Å²) in [4.78, 5) is 0.362. The molecule has 0 aliphatic carbocycles. The van der Waals surface area contributed by atoms with E-state index >= 15 is 0 Å². The Kier molecular flexibility index (Phi) is 4.90. The second kappa shape index (κ2) is 7.61. The van der Waals surface area contributed by atoms with Gasteiger partial charge in [0.2, 0.25) is 10.0 Å². The average Bonchev–Trinajstić information content (AvgIpc) is 2.80. The third-order valence-electron chi connectivity index (χ3n) is 6.41. The quantitative estimate of drug-likeness (QED) is 0.687. The van der Waals surface area contributed by atoms with Gasteiger partial charge in [-0.2, -0.15) is 9.57 Å². The predicted octanol–water partition coefficient (Wildman–Crippen LogP) is 3.66. The molecule has 2 aliphatic rings. The van der Waals surface area contributed by atoms with Crippen LogP contribution in [0.15, 0.2) is 77.7 Å². The van der Waals surface area contributed by atoms with Crippen molar-refractivity contribution in [1.29, 1.82) is 5.26 Å². The Bertz CT molecular complexity index is 1250. The van der Waals surface area contributed by atoms with E-state index in [-0.39, 0.29) is 18.0 Å². The summed E-state index contributed by atoms with van der Waals surface area (Å²) >= 11 is 0. The second-order valence-electron chi connectivity index (χ2n) is 8.28. The van der Waals surface area contributed by atoms with Gasteiger partial charge in [-0.25, -0.2) is 8.42 Å². The minimum absolute atomic E-state index is 0.0854. The summed E-state index contributed by atoms with van der Waals surface area (Å²) in [6.07, 6.45) is 0. The smallest absolute Gasteiger partial charge is 0.243 e. The number of hydrogen-bond acceptors (Lipinski definition) is 4. The van der Waals surface area contributed by atoms with Crippen molar-refractivity contribution in [2.45, 2.75) is 29.8 Å². The van der Waals surface area contributed by atoms with Crippen molar-refractivity contribution in [3.63, 3.8) is 0 Å². The molecule has 6 heteroatoms. The van der Waals surface area contributed by atoms with Gasteiger partial charge >= 0.3 is 0 Å². The lowest BCUT2D eigenvalue weighted by atomic mass is 9.74. The number of piperidine rings is 1. The number of fused-ring (bicyclic) bond motifs is 2. The fourth-order valence-corrected chi connectivity index (χ4v) is 6.68. The van der Waals surface area contributed by atoms with Crippen LogP contribution >= 0.6 is 0 Å². The molecular weight excluding hydrogens is 406 g/mol. The maximum absolute atomic E-state index is 13.3. The lowest BCUT2D eigenvalue weighted by Gasteiger charge is -2.57. The first kappa shape index (κ1) is 20.0. The second-order valence-corrected chi connectivity index (χ2v) is 10.1. The van der Waals surface area contributed by atoms with Crippen LogP contribution in [-0.2, 0) is 10.0 Å². The summed E-state index contributed by atoms with van der Waals surface area (Å²) in [5.74, 6) is 0.181. The molecular formula is C25H23N3O2S. The molecule has 156 valence electrons. The molecule has 3 aromatic rings. The molecule has 2 saturated heterocycles. The van der Waals surface area contributed by atoms with Gasteiger partial charge < -0.3 is 5.32 Å². The molecule has 0 spiro atoms. The molecule has 2 fully saturated rings. The molecule has 0 aromatic heterocycles. The Morgan fingerprint density at radius 1 is 0.935 bits per heavy atom. The molecule has 2 bridgehead atoms. The number of hydrogen-bond donors (Lipinski definition) is 1. The van der Waals surface area contributed by atoms with Crippen molar-refractivity contribution in [3.8, 4) is 17.2 Å².